The summed E-state index contributed by atoms with van der Waals surface area (Å²) in [5.74, 6) is 2.63. The van der Waals surface area contributed by atoms with Crippen molar-refractivity contribution >= 4 is 65.3 Å². The van der Waals surface area contributed by atoms with Gasteiger partial charge in [0, 0.05) is 43.6 Å². The highest BCUT2D eigenvalue weighted by Gasteiger charge is 2.26. The summed E-state index contributed by atoms with van der Waals surface area (Å²) in [4.78, 5) is 5.42. The van der Waals surface area contributed by atoms with Crippen molar-refractivity contribution in [1.29, 1.82) is 0 Å². The Morgan fingerprint density at radius 3 is 1.83 bits per heavy atom. The summed E-state index contributed by atoms with van der Waals surface area (Å²) in [6.07, 6.45) is 0. The summed E-state index contributed by atoms with van der Waals surface area (Å²) < 4.78 is 11.3. The fourth-order valence-electron chi connectivity index (χ4n) is 9.72. The summed E-state index contributed by atoms with van der Waals surface area (Å²) >= 11 is 0. The van der Waals surface area contributed by atoms with Crippen LogP contribution in [0.25, 0.3) is 110 Å². The standard InChI is InChI=1S/C55H33N3O/c1-3-14-34(15-4-1)42-33-53(56-46-22-10-7-18-38(42)46)58-49-29-27-36(35-26-28-48-43(30-35)39-19-8-11-23-47(39)57(48)37-16-5-2-6-17-37)31-45(49)54-41-21-13-25-52-55(41)44(32-50(54)58)40-20-9-12-24-51(40)59-52/h1-33H. The van der Waals surface area contributed by atoms with Crippen LogP contribution >= 0.6 is 0 Å². The smallest absolute Gasteiger partial charge is 0.138 e. The van der Waals surface area contributed by atoms with E-state index in [4.69, 9.17) is 9.72 Å². The Morgan fingerprint density at radius 2 is 0.983 bits per heavy atom. The second-order valence-corrected chi connectivity index (χ2v) is 15.5. The van der Waals surface area contributed by atoms with E-state index in [1.54, 1.807) is 0 Å². The zero-order valence-electron chi connectivity index (χ0n) is 31.8. The molecule has 0 saturated carbocycles. The highest BCUT2D eigenvalue weighted by Crippen LogP contribution is 2.51. The SMILES string of the molecule is c1ccc(-c2cc(-n3c4ccc(-c5ccc6c(c5)c5ccccc5n6-c5ccccc5)cc4c4c5cccc6c5c(cc43)-c3ccccc3O6)nc3ccccc23)cc1. The first-order valence-electron chi connectivity index (χ1n) is 20.1. The van der Waals surface area contributed by atoms with Gasteiger partial charge < -0.3 is 9.30 Å². The molecule has 12 aromatic rings. The topological polar surface area (TPSA) is 32.0 Å². The van der Waals surface area contributed by atoms with E-state index in [-0.39, 0.29) is 0 Å². The molecule has 9 aromatic carbocycles. The predicted octanol–water partition coefficient (Wildman–Crippen LogP) is 14.7. The lowest BCUT2D eigenvalue weighted by Crippen LogP contribution is -2.01. The summed E-state index contributed by atoms with van der Waals surface area (Å²) in [5.41, 5.74) is 13.6. The molecular weight excluding hydrogens is 719 g/mol. The molecule has 4 heteroatoms. The molecule has 0 spiro atoms. The van der Waals surface area contributed by atoms with Gasteiger partial charge in [0.1, 0.15) is 17.3 Å². The Morgan fingerprint density at radius 1 is 0.339 bits per heavy atom. The lowest BCUT2D eigenvalue weighted by Gasteiger charge is -2.22. The highest BCUT2D eigenvalue weighted by molar-refractivity contribution is 6.26. The molecule has 0 bridgehead atoms. The van der Waals surface area contributed by atoms with Crippen LogP contribution in [0.4, 0.5) is 0 Å². The van der Waals surface area contributed by atoms with Gasteiger partial charge in [0.25, 0.3) is 0 Å². The average molecular weight is 752 g/mol. The molecule has 4 nitrogen and oxygen atoms in total. The first-order valence-corrected chi connectivity index (χ1v) is 20.1. The van der Waals surface area contributed by atoms with Crippen molar-refractivity contribution in [2.24, 2.45) is 0 Å². The van der Waals surface area contributed by atoms with Gasteiger partial charge in [-0.3, -0.25) is 4.57 Å². The number of pyridine rings is 1. The van der Waals surface area contributed by atoms with Crippen molar-refractivity contribution in [3.8, 4) is 56.4 Å². The molecule has 0 atom stereocenters. The van der Waals surface area contributed by atoms with Crippen LogP contribution in [0.2, 0.25) is 0 Å². The summed E-state index contributed by atoms with van der Waals surface area (Å²) in [6.45, 7) is 0. The number of aromatic nitrogens is 3. The molecule has 4 heterocycles. The average Bonchev–Trinajstić information content (AvgIpc) is 3.81. The maximum absolute atomic E-state index is 6.60. The number of benzene rings is 9. The molecule has 1 aliphatic rings. The third kappa shape index (κ3) is 4.69. The summed E-state index contributed by atoms with van der Waals surface area (Å²) in [7, 11) is 0. The summed E-state index contributed by atoms with van der Waals surface area (Å²) in [5, 5.41) is 8.25. The van der Waals surface area contributed by atoms with Crippen LogP contribution in [0, 0.1) is 0 Å². The molecule has 3 aromatic heterocycles. The number of ether oxygens (including phenoxy) is 1. The molecule has 59 heavy (non-hydrogen) atoms. The molecule has 0 radical (unpaired) electrons. The minimum absolute atomic E-state index is 0.871. The predicted molar refractivity (Wildman–Crippen MR) is 244 cm³/mol. The van der Waals surface area contributed by atoms with E-state index in [0.717, 1.165) is 78.0 Å². The van der Waals surface area contributed by atoms with Crippen LogP contribution in [0.3, 0.4) is 0 Å². The van der Waals surface area contributed by atoms with E-state index in [0.29, 0.717) is 0 Å². The van der Waals surface area contributed by atoms with Crippen LogP contribution in [0.5, 0.6) is 11.5 Å². The minimum atomic E-state index is 0.871. The molecule has 0 saturated heterocycles. The third-order valence-corrected chi connectivity index (χ3v) is 12.3. The Kier molecular flexibility index (Phi) is 6.69. The van der Waals surface area contributed by atoms with Gasteiger partial charge in [-0.15, -0.1) is 0 Å². The number of rotatable bonds is 4. The number of fused-ring (bicyclic) bond motifs is 10. The maximum Gasteiger partial charge on any atom is 0.138 e. The highest BCUT2D eigenvalue weighted by atomic mass is 16.5. The van der Waals surface area contributed by atoms with E-state index < -0.39 is 0 Å². The molecule has 0 aliphatic carbocycles. The zero-order chi connectivity index (χ0) is 38.6. The van der Waals surface area contributed by atoms with Crippen molar-refractivity contribution in [2.75, 3.05) is 0 Å². The van der Waals surface area contributed by atoms with Crippen molar-refractivity contribution in [3.05, 3.63) is 200 Å². The quantitative estimate of drug-likeness (QED) is 0.179. The van der Waals surface area contributed by atoms with Gasteiger partial charge >= 0.3 is 0 Å². The second-order valence-electron chi connectivity index (χ2n) is 15.5. The number of para-hydroxylation sites is 4. The van der Waals surface area contributed by atoms with Gasteiger partial charge in [0.15, 0.2) is 0 Å². The van der Waals surface area contributed by atoms with Gasteiger partial charge in [-0.25, -0.2) is 4.98 Å². The van der Waals surface area contributed by atoms with E-state index in [9.17, 15) is 0 Å². The van der Waals surface area contributed by atoms with Gasteiger partial charge in [-0.2, -0.15) is 0 Å². The molecule has 13 rings (SSSR count). The van der Waals surface area contributed by atoms with Gasteiger partial charge in [0.2, 0.25) is 0 Å². The van der Waals surface area contributed by atoms with Crippen molar-refractivity contribution < 1.29 is 4.74 Å². The lowest BCUT2D eigenvalue weighted by molar-refractivity contribution is 0.487. The minimum Gasteiger partial charge on any atom is -0.456 e. The van der Waals surface area contributed by atoms with E-state index >= 15 is 0 Å². The fourth-order valence-corrected chi connectivity index (χ4v) is 9.72. The van der Waals surface area contributed by atoms with Gasteiger partial charge in [0.05, 0.1) is 27.6 Å². The number of hydrogen-bond acceptors (Lipinski definition) is 2. The second kappa shape index (κ2) is 12.3. The van der Waals surface area contributed by atoms with Gasteiger partial charge in [-0.1, -0.05) is 127 Å². The zero-order valence-corrected chi connectivity index (χ0v) is 31.8. The number of hydrogen-bond donors (Lipinski definition) is 0. The number of nitrogens with zero attached hydrogens (tertiary/aromatic N) is 3. The van der Waals surface area contributed by atoms with Crippen LogP contribution in [-0.4, -0.2) is 14.1 Å². The molecule has 0 amide bonds. The van der Waals surface area contributed by atoms with Crippen LogP contribution < -0.4 is 4.74 Å². The van der Waals surface area contributed by atoms with Crippen LogP contribution in [-0.2, 0) is 0 Å². The Balaban J connectivity index is 1.12. The van der Waals surface area contributed by atoms with E-state index in [2.05, 4.69) is 203 Å². The van der Waals surface area contributed by atoms with Crippen LogP contribution in [0.15, 0.2) is 200 Å². The van der Waals surface area contributed by atoms with E-state index in [1.165, 1.54) is 43.7 Å². The van der Waals surface area contributed by atoms with E-state index in [1.807, 2.05) is 6.07 Å². The Labute approximate surface area is 339 Å². The first-order chi connectivity index (χ1) is 29.3. The summed E-state index contributed by atoms with van der Waals surface area (Å²) in [6, 6.07) is 71.9. The monoisotopic (exact) mass is 751 g/mol. The van der Waals surface area contributed by atoms with Crippen molar-refractivity contribution in [1.82, 2.24) is 14.1 Å². The third-order valence-electron chi connectivity index (χ3n) is 12.3. The lowest BCUT2D eigenvalue weighted by atomic mass is 9.91. The fraction of sp³-hybridized carbons (Fsp3) is 0. The molecule has 274 valence electrons. The first kappa shape index (κ1) is 32.2. The van der Waals surface area contributed by atoms with Crippen LogP contribution in [0.1, 0.15) is 0 Å². The molecule has 1 aliphatic heterocycles. The molecular formula is C55H33N3O. The Hall–Kier alpha value is -7.95. The normalized spacial score (nSPS) is 12.2. The van der Waals surface area contributed by atoms with Crippen molar-refractivity contribution in [2.45, 2.75) is 0 Å². The van der Waals surface area contributed by atoms with Crippen molar-refractivity contribution in [3.63, 3.8) is 0 Å². The van der Waals surface area contributed by atoms with Gasteiger partial charge in [-0.05, 0) is 106 Å². The molecule has 0 fully saturated rings. The molecule has 0 N–H and O–H groups in total. The largest absolute Gasteiger partial charge is 0.456 e. The maximum atomic E-state index is 6.60. The Bertz CT molecular complexity index is 3690. The molecule has 0 unspecified atom stereocenters.